The van der Waals surface area contributed by atoms with Crippen LogP contribution in [0.15, 0.2) is 33.7 Å². The molecule has 0 unspecified atom stereocenters. The van der Waals surface area contributed by atoms with Crippen molar-refractivity contribution in [1.29, 1.82) is 0 Å². The summed E-state index contributed by atoms with van der Waals surface area (Å²) in [5, 5.41) is 10.7. The van der Waals surface area contributed by atoms with Crippen molar-refractivity contribution >= 4 is 39.3 Å². The predicted molar refractivity (Wildman–Crippen MR) is 97.8 cm³/mol. The highest BCUT2D eigenvalue weighted by Crippen LogP contribution is 2.37. The lowest BCUT2D eigenvalue weighted by atomic mass is 10.3. The Hall–Kier alpha value is -3.67. The molecule has 29 heavy (non-hydrogen) atoms. The number of carbonyl (C=O) groups is 2. The molecular weight excluding hydrogens is 406 g/mol. The van der Waals surface area contributed by atoms with Gasteiger partial charge in [0.2, 0.25) is 12.6 Å². The summed E-state index contributed by atoms with van der Waals surface area (Å²) >= 11 is 1.20. The van der Waals surface area contributed by atoms with Crippen molar-refractivity contribution in [3.05, 3.63) is 44.9 Å². The van der Waals surface area contributed by atoms with Gasteiger partial charge in [-0.05, 0) is 6.07 Å². The minimum absolute atomic E-state index is 0.0599. The van der Waals surface area contributed by atoms with Crippen LogP contribution in [0.5, 0.6) is 11.5 Å². The van der Waals surface area contributed by atoms with Crippen LogP contribution in [-0.2, 0) is 16.1 Å². The van der Waals surface area contributed by atoms with E-state index in [2.05, 4.69) is 9.73 Å². The summed E-state index contributed by atoms with van der Waals surface area (Å²) in [4.78, 5) is 38.4. The minimum Gasteiger partial charge on any atom is -0.469 e. The van der Waals surface area contributed by atoms with Crippen LogP contribution in [0, 0.1) is 10.1 Å². The van der Waals surface area contributed by atoms with Gasteiger partial charge in [0.25, 0.3) is 0 Å². The highest BCUT2D eigenvalue weighted by atomic mass is 32.1. The molecule has 0 fully saturated rings. The predicted octanol–water partition coefficient (Wildman–Crippen LogP) is 2.24. The molecule has 1 aliphatic heterocycles. The quantitative estimate of drug-likeness (QED) is 0.349. The monoisotopic (exact) mass is 419 g/mol. The van der Waals surface area contributed by atoms with Gasteiger partial charge in [-0.1, -0.05) is 11.3 Å². The average molecular weight is 419 g/mol. The van der Waals surface area contributed by atoms with Gasteiger partial charge in [-0.3, -0.25) is 19.7 Å². The summed E-state index contributed by atoms with van der Waals surface area (Å²) in [6, 6.07) is 5.77. The number of furan rings is 1. The third-order valence-corrected chi connectivity index (χ3v) is 5.17. The van der Waals surface area contributed by atoms with Crippen LogP contribution >= 0.6 is 11.3 Å². The number of nitrogens with zero attached hydrogens (tertiary/aromatic N) is 3. The number of aryl methyl sites for hydroxylation is 1. The highest BCUT2D eigenvalue weighted by molar-refractivity contribution is 7.16. The number of aromatic nitrogens is 1. The maximum atomic E-state index is 12.4. The number of carbonyl (C=O) groups excluding carboxylic acids is 2. The molecule has 0 bridgehead atoms. The Morgan fingerprint density at radius 2 is 2.07 bits per heavy atom. The number of nitro groups is 1. The first-order valence-corrected chi connectivity index (χ1v) is 9.11. The standard InChI is InChI=1S/C17H13N3O8S/c1-25-15(21)4-5-19-9-6-11-12(27-8-26-11)7-13(9)29-17(19)18-16(22)10-2-3-14(28-10)20(23)24/h2-3,6-7H,4-5,8H2,1H3. The number of hydrogen-bond donors (Lipinski definition) is 0. The molecule has 3 heterocycles. The lowest BCUT2D eigenvalue weighted by molar-refractivity contribution is -0.402. The lowest BCUT2D eigenvalue weighted by Crippen LogP contribution is -2.19. The molecule has 1 aliphatic rings. The summed E-state index contributed by atoms with van der Waals surface area (Å²) in [6.45, 7) is 0.318. The van der Waals surface area contributed by atoms with Crippen LogP contribution in [0.25, 0.3) is 10.2 Å². The second-order valence-corrected chi connectivity index (χ2v) is 6.86. The molecule has 3 aromatic rings. The average Bonchev–Trinajstić information content (AvgIpc) is 3.42. The van der Waals surface area contributed by atoms with Gasteiger partial charge in [0.1, 0.15) is 4.92 Å². The number of thiazole rings is 1. The molecular formula is C17H13N3O8S. The van der Waals surface area contributed by atoms with Crippen molar-refractivity contribution in [2.75, 3.05) is 13.9 Å². The molecule has 2 aromatic heterocycles. The second kappa shape index (κ2) is 7.39. The van der Waals surface area contributed by atoms with E-state index in [0.29, 0.717) is 17.0 Å². The Morgan fingerprint density at radius 3 is 2.76 bits per heavy atom. The molecule has 12 heteroatoms. The third kappa shape index (κ3) is 3.57. The number of methoxy groups -OCH3 is 1. The van der Waals surface area contributed by atoms with Crippen molar-refractivity contribution < 1.29 is 33.1 Å². The second-order valence-electron chi connectivity index (χ2n) is 5.85. The molecule has 11 nitrogen and oxygen atoms in total. The fourth-order valence-electron chi connectivity index (χ4n) is 2.75. The number of fused-ring (bicyclic) bond motifs is 2. The molecule has 0 radical (unpaired) electrons. The Labute approximate surface area is 165 Å². The molecule has 1 amide bonds. The summed E-state index contributed by atoms with van der Waals surface area (Å²) in [7, 11) is 1.29. The van der Waals surface area contributed by atoms with E-state index in [4.69, 9.17) is 13.9 Å². The topological polar surface area (TPSA) is 135 Å². The summed E-state index contributed by atoms with van der Waals surface area (Å²) in [5.41, 5.74) is 0.695. The number of hydrogen-bond acceptors (Lipinski definition) is 9. The fraction of sp³-hybridized carbons (Fsp3) is 0.235. The van der Waals surface area contributed by atoms with Crippen LogP contribution in [-0.4, -0.2) is 35.3 Å². The van der Waals surface area contributed by atoms with Gasteiger partial charge in [0.15, 0.2) is 16.3 Å². The van der Waals surface area contributed by atoms with Crippen LogP contribution in [0.1, 0.15) is 17.0 Å². The lowest BCUT2D eigenvalue weighted by Gasteiger charge is -2.05. The van der Waals surface area contributed by atoms with Gasteiger partial charge in [-0.2, -0.15) is 4.99 Å². The molecule has 1 aromatic carbocycles. The fourth-order valence-corrected chi connectivity index (χ4v) is 3.81. The first-order chi connectivity index (χ1) is 14.0. The van der Waals surface area contributed by atoms with Crippen molar-refractivity contribution in [2.45, 2.75) is 13.0 Å². The zero-order valence-corrected chi connectivity index (χ0v) is 15.8. The van der Waals surface area contributed by atoms with Gasteiger partial charge in [-0.25, -0.2) is 0 Å². The van der Waals surface area contributed by atoms with Crippen LogP contribution in [0.4, 0.5) is 5.88 Å². The van der Waals surface area contributed by atoms with Gasteiger partial charge in [0, 0.05) is 18.7 Å². The normalized spacial score (nSPS) is 13.1. The van der Waals surface area contributed by atoms with E-state index in [9.17, 15) is 19.7 Å². The summed E-state index contributed by atoms with van der Waals surface area (Å²) < 4.78 is 22.8. The minimum atomic E-state index is -0.781. The Bertz CT molecular complexity index is 1210. The first-order valence-electron chi connectivity index (χ1n) is 8.29. The van der Waals surface area contributed by atoms with Crippen LogP contribution in [0.3, 0.4) is 0 Å². The van der Waals surface area contributed by atoms with Crippen LogP contribution in [0.2, 0.25) is 0 Å². The molecule has 150 valence electrons. The van der Waals surface area contributed by atoms with Crippen molar-refractivity contribution in [2.24, 2.45) is 4.99 Å². The molecule has 0 aliphatic carbocycles. The van der Waals surface area contributed by atoms with Crippen molar-refractivity contribution in [3.63, 3.8) is 0 Å². The molecule has 0 atom stereocenters. The zero-order chi connectivity index (χ0) is 20.5. The molecule has 0 spiro atoms. The van der Waals surface area contributed by atoms with E-state index < -0.39 is 22.7 Å². The first kappa shape index (κ1) is 18.7. The Balaban J connectivity index is 1.78. The number of amides is 1. The zero-order valence-electron chi connectivity index (χ0n) is 14.9. The maximum absolute atomic E-state index is 12.4. The van der Waals surface area contributed by atoms with E-state index >= 15 is 0 Å². The van der Waals surface area contributed by atoms with E-state index in [1.54, 1.807) is 16.7 Å². The molecule has 4 rings (SSSR count). The molecule has 0 N–H and O–H groups in total. The van der Waals surface area contributed by atoms with E-state index in [-0.39, 0.29) is 30.3 Å². The van der Waals surface area contributed by atoms with Gasteiger partial charge >= 0.3 is 17.8 Å². The van der Waals surface area contributed by atoms with Gasteiger partial charge in [-0.15, -0.1) is 0 Å². The molecule has 0 saturated heterocycles. The third-order valence-electron chi connectivity index (χ3n) is 4.12. The number of benzene rings is 1. The van der Waals surface area contributed by atoms with Crippen LogP contribution < -0.4 is 14.3 Å². The Morgan fingerprint density at radius 1 is 1.31 bits per heavy atom. The smallest absolute Gasteiger partial charge is 0.433 e. The highest BCUT2D eigenvalue weighted by Gasteiger charge is 2.20. The van der Waals surface area contributed by atoms with Gasteiger partial charge in [0.05, 0.1) is 29.8 Å². The van der Waals surface area contributed by atoms with E-state index in [1.807, 2.05) is 0 Å². The SMILES string of the molecule is COC(=O)CCn1c(=NC(=O)c2ccc([N+](=O)[O-])o2)sc2cc3c(cc21)OCO3. The van der Waals surface area contributed by atoms with Crippen molar-refractivity contribution in [1.82, 2.24) is 4.57 Å². The van der Waals surface area contributed by atoms with E-state index in [1.165, 1.54) is 24.5 Å². The van der Waals surface area contributed by atoms with E-state index in [0.717, 1.165) is 10.8 Å². The number of esters is 1. The maximum Gasteiger partial charge on any atom is 0.433 e. The molecule has 0 saturated carbocycles. The van der Waals surface area contributed by atoms with Crippen molar-refractivity contribution in [3.8, 4) is 11.5 Å². The summed E-state index contributed by atoms with van der Waals surface area (Å²) in [6.07, 6.45) is 0.0599. The Kier molecular flexibility index (Phi) is 4.76. The van der Waals surface area contributed by atoms with Gasteiger partial charge < -0.3 is 23.2 Å². The largest absolute Gasteiger partial charge is 0.469 e. The summed E-state index contributed by atoms with van der Waals surface area (Å²) in [5.74, 6) is -0.903. The number of rotatable bonds is 5. The number of ether oxygens (including phenoxy) is 3.